The Morgan fingerprint density at radius 3 is 2.38 bits per heavy atom. The quantitative estimate of drug-likeness (QED) is 0.761. The van der Waals surface area contributed by atoms with Crippen molar-refractivity contribution < 1.29 is 9.59 Å². The van der Waals surface area contributed by atoms with E-state index in [0.29, 0.717) is 6.42 Å². The third-order valence-corrected chi connectivity index (χ3v) is 4.34. The molecule has 0 bridgehead atoms. The first-order valence-electron chi connectivity index (χ1n) is 4.61. The first kappa shape index (κ1) is 10.6. The fourth-order valence-corrected chi connectivity index (χ4v) is 2.80. The van der Waals surface area contributed by atoms with Gasteiger partial charge in [0.05, 0.1) is 0 Å². The van der Waals surface area contributed by atoms with Crippen molar-refractivity contribution in [3.8, 4) is 0 Å². The van der Waals surface area contributed by atoms with E-state index in [9.17, 15) is 9.59 Å². The van der Waals surface area contributed by atoms with Gasteiger partial charge in [0.1, 0.15) is 4.75 Å². The molecule has 4 heteroatoms. The van der Waals surface area contributed by atoms with Crippen LogP contribution in [0.15, 0.2) is 0 Å². The highest BCUT2D eigenvalue weighted by atomic mass is 32.2. The van der Waals surface area contributed by atoms with Crippen molar-refractivity contribution in [2.45, 2.75) is 38.4 Å². The van der Waals surface area contributed by atoms with Crippen LogP contribution in [0.5, 0.6) is 0 Å². The molecule has 74 valence electrons. The summed E-state index contributed by atoms with van der Waals surface area (Å²) in [4.78, 5) is 22.7. The van der Waals surface area contributed by atoms with E-state index in [2.05, 4.69) is 5.32 Å². The van der Waals surface area contributed by atoms with Crippen molar-refractivity contribution in [2.75, 3.05) is 0 Å². The molecule has 0 aromatic rings. The Morgan fingerprint density at radius 2 is 2.08 bits per heavy atom. The van der Waals surface area contributed by atoms with Crippen molar-refractivity contribution >= 4 is 22.9 Å². The summed E-state index contributed by atoms with van der Waals surface area (Å²) in [5.41, 5.74) is 0. The molecule has 2 unspecified atom stereocenters. The van der Waals surface area contributed by atoms with Crippen LogP contribution in [0.3, 0.4) is 0 Å². The predicted octanol–water partition coefficient (Wildman–Crippen LogP) is 2.16. The molecule has 0 spiro atoms. The number of amides is 2. The van der Waals surface area contributed by atoms with Gasteiger partial charge in [0, 0.05) is 0 Å². The maximum atomic E-state index is 11.6. The van der Waals surface area contributed by atoms with Gasteiger partial charge in [0.15, 0.2) is 0 Å². The summed E-state index contributed by atoms with van der Waals surface area (Å²) in [5, 5.41) is 2.16. The van der Waals surface area contributed by atoms with Crippen LogP contribution in [0, 0.1) is 5.92 Å². The number of carbonyl (C=O) groups is 2. The van der Waals surface area contributed by atoms with Crippen molar-refractivity contribution in [3.05, 3.63) is 0 Å². The molecule has 0 radical (unpaired) electrons. The second-order valence-corrected chi connectivity index (χ2v) is 4.70. The average Bonchev–Trinajstić information content (AvgIpc) is 2.40. The third kappa shape index (κ3) is 1.59. The van der Waals surface area contributed by atoms with E-state index in [1.165, 1.54) is 0 Å². The van der Waals surface area contributed by atoms with E-state index >= 15 is 0 Å². The molecule has 1 N–H and O–H groups in total. The van der Waals surface area contributed by atoms with Gasteiger partial charge in [-0.2, -0.15) is 0 Å². The van der Waals surface area contributed by atoms with Gasteiger partial charge >= 0.3 is 0 Å². The Hall–Kier alpha value is -0.510. The van der Waals surface area contributed by atoms with Crippen molar-refractivity contribution in [3.63, 3.8) is 0 Å². The summed E-state index contributed by atoms with van der Waals surface area (Å²) in [7, 11) is 0. The summed E-state index contributed by atoms with van der Waals surface area (Å²) >= 11 is 1.15. The van der Waals surface area contributed by atoms with Crippen LogP contribution in [0.4, 0.5) is 4.79 Å². The van der Waals surface area contributed by atoms with Crippen LogP contribution in [-0.2, 0) is 4.79 Å². The lowest BCUT2D eigenvalue weighted by Gasteiger charge is -2.28. The number of hydrogen-bond donors (Lipinski definition) is 1. The van der Waals surface area contributed by atoms with Gasteiger partial charge in [-0.15, -0.1) is 0 Å². The van der Waals surface area contributed by atoms with Crippen LogP contribution in [0.1, 0.15) is 33.6 Å². The topological polar surface area (TPSA) is 46.2 Å². The fraction of sp³-hybridized carbons (Fsp3) is 0.778. The van der Waals surface area contributed by atoms with Crippen LogP contribution in [0.2, 0.25) is 0 Å². The molecule has 0 aromatic carbocycles. The highest BCUT2D eigenvalue weighted by Crippen LogP contribution is 2.42. The normalized spacial score (nSPS) is 30.4. The number of carbonyl (C=O) groups excluding carboxylic acids is 2. The van der Waals surface area contributed by atoms with Crippen molar-refractivity contribution in [1.29, 1.82) is 0 Å². The van der Waals surface area contributed by atoms with Crippen molar-refractivity contribution in [2.24, 2.45) is 5.92 Å². The van der Waals surface area contributed by atoms with Gasteiger partial charge in [-0.1, -0.05) is 27.2 Å². The lowest BCUT2D eigenvalue weighted by molar-refractivity contribution is -0.123. The van der Waals surface area contributed by atoms with E-state index in [0.717, 1.165) is 18.2 Å². The van der Waals surface area contributed by atoms with Gasteiger partial charge in [0.25, 0.3) is 5.24 Å². The minimum absolute atomic E-state index is 0.112. The molecular weight excluding hydrogens is 186 g/mol. The molecule has 1 aliphatic heterocycles. The summed E-state index contributed by atoms with van der Waals surface area (Å²) in [5.74, 6) is 0.133. The maximum Gasteiger partial charge on any atom is 0.286 e. The standard InChI is InChI=1S/C9H15NO2S/c1-4-6(3)9(5-2)7(11)10-8(12)13-9/h6H,4-5H2,1-3H3,(H,10,11,12). The Kier molecular flexibility index (Phi) is 3.01. The largest absolute Gasteiger partial charge is 0.286 e. The Bertz CT molecular complexity index is 242. The predicted molar refractivity (Wildman–Crippen MR) is 53.6 cm³/mol. The zero-order valence-corrected chi connectivity index (χ0v) is 9.03. The first-order chi connectivity index (χ1) is 6.06. The second-order valence-electron chi connectivity index (χ2n) is 3.40. The van der Waals surface area contributed by atoms with Crippen LogP contribution in [-0.4, -0.2) is 15.9 Å². The number of imide groups is 1. The van der Waals surface area contributed by atoms with Gasteiger partial charge in [-0.05, 0) is 24.1 Å². The average molecular weight is 201 g/mol. The van der Waals surface area contributed by atoms with E-state index < -0.39 is 4.75 Å². The van der Waals surface area contributed by atoms with Gasteiger partial charge in [-0.3, -0.25) is 14.9 Å². The van der Waals surface area contributed by atoms with E-state index in [1.54, 1.807) is 0 Å². The maximum absolute atomic E-state index is 11.6. The monoisotopic (exact) mass is 201 g/mol. The van der Waals surface area contributed by atoms with E-state index in [1.807, 2.05) is 20.8 Å². The molecule has 0 aliphatic carbocycles. The van der Waals surface area contributed by atoms with E-state index in [4.69, 9.17) is 0 Å². The molecule has 2 atom stereocenters. The fourth-order valence-electron chi connectivity index (χ4n) is 1.67. The van der Waals surface area contributed by atoms with Crippen molar-refractivity contribution in [1.82, 2.24) is 5.32 Å². The summed E-state index contributed by atoms with van der Waals surface area (Å²) < 4.78 is -0.508. The number of rotatable bonds is 3. The summed E-state index contributed by atoms with van der Waals surface area (Å²) in [6.07, 6.45) is 1.63. The zero-order chi connectivity index (χ0) is 10.1. The minimum Gasteiger partial charge on any atom is -0.286 e. The Balaban J connectivity index is 2.93. The third-order valence-electron chi connectivity index (χ3n) is 2.81. The number of nitrogens with one attached hydrogen (secondary N) is 1. The molecule has 3 nitrogen and oxygen atoms in total. The SMILES string of the molecule is CCC(C)C1(CC)SC(=O)NC1=O. The van der Waals surface area contributed by atoms with Gasteiger partial charge in [0.2, 0.25) is 5.91 Å². The second kappa shape index (κ2) is 3.70. The first-order valence-corrected chi connectivity index (χ1v) is 5.43. The molecule has 2 amide bonds. The minimum atomic E-state index is -0.508. The van der Waals surface area contributed by atoms with Gasteiger partial charge < -0.3 is 0 Å². The molecular formula is C9H15NO2S. The van der Waals surface area contributed by atoms with Crippen LogP contribution < -0.4 is 5.32 Å². The number of thioether (sulfide) groups is 1. The lowest BCUT2D eigenvalue weighted by Crippen LogP contribution is -2.41. The molecule has 13 heavy (non-hydrogen) atoms. The number of hydrogen-bond acceptors (Lipinski definition) is 3. The zero-order valence-electron chi connectivity index (χ0n) is 8.22. The highest BCUT2D eigenvalue weighted by molar-refractivity contribution is 8.16. The lowest BCUT2D eigenvalue weighted by atomic mass is 9.88. The molecule has 1 rings (SSSR count). The highest BCUT2D eigenvalue weighted by Gasteiger charge is 2.49. The Labute approximate surface area is 82.6 Å². The Morgan fingerprint density at radius 1 is 1.46 bits per heavy atom. The summed E-state index contributed by atoms with van der Waals surface area (Å²) in [6.45, 7) is 6.02. The smallest absolute Gasteiger partial charge is 0.286 e. The van der Waals surface area contributed by atoms with E-state index in [-0.39, 0.29) is 17.1 Å². The molecule has 1 fully saturated rings. The molecule has 1 aliphatic rings. The van der Waals surface area contributed by atoms with Crippen LogP contribution >= 0.6 is 11.8 Å². The molecule has 1 heterocycles. The van der Waals surface area contributed by atoms with Gasteiger partial charge in [-0.25, -0.2) is 0 Å². The molecule has 0 aromatic heterocycles. The summed E-state index contributed by atoms with van der Waals surface area (Å²) in [6, 6.07) is 0. The van der Waals surface area contributed by atoms with Crippen LogP contribution in [0.25, 0.3) is 0 Å². The molecule has 1 saturated heterocycles. The molecule has 0 saturated carbocycles.